The maximum Gasteiger partial charge on any atom is 0.0433 e. The van der Waals surface area contributed by atoms with Gasteiger partial charge in [-0.15, -0.1) is 11.3 Å². The molecule has 1 aromatic heterocycles. The Morgan fingerprint density at radius 2 is 1.67 bits per heavy atom. The van der Waals surface area contributed by atoms with Crippen molar-refractivity contribution in [2.75, 3.05) is 0 Å². The van der Waals surface area contributed by atoms with E-state index in [4.69, 9.17) is 0 Å². The van der Waals surface area contributed by atoms with E-state index in [2.05, 4.69) is 70.5 Å². The molecular weight excluding hydrogens is 304 g/mol. The minimum absolute atomic E-state index is 1.14. The molecule has 0 amide bonds. The zero-order chi connectivity index (χ0) is 12.1. The van der Waals surface area contributed by atoms with Gasteiger partial charge in [-0.2, -0.15) is 0 Å². The molecule has 3 aromatic carbocycles. The average molecular weight is 313 g/mol. The van der Waals surface area contributed by atoms with E-state index in [1.54, 1.807) is 0 Å². The first kappa shape index (κ1) is 10.5. The van der Waals surface area contributed by atoms with Crippen LogP contribution in [0.25, 0.3) is 30.9 Å². The highest BCUT2D eigenvalue weighted by atomic mass is 79.9. The molecule has 86 valence electrons. The highest BCUT2D eigenvalue weighted by Gasteiger charge is 2.07. The Kier molecular flexibility index (Phi) is 2.23. The fourth-order valence-electron chi connectivity index (χ4n) is 2.48. The van der Waals surface area contributed by atoms with Gasteiger partial charge in [-0.3, -0.25) is 0 Å². The van der Waals surface area contributed by atoms with Crippen LogP contribution in [0, 0.1) is 0 Å². The van der Waals surface area contributed by atoms with Gasteiger partial charge in [-0.25, -0.2) is 0 Å². The number of fused-ring (bicyclic) bond motifs is 5. The molecule has 0 aliphatic heterocycles. The predicted octanol–water partition coefficient (Wildman–Crippen LogP) is 5.97. The maximum absolute atomic E-state index is 3.56. The highest BCUT2D eigenvalue weighted by Crippen LogP contribution is 2.39. The zero-order valence-electron chi connectivity index (χ0n) is 9.48. The molecule has 0 nitrogen and oxygen atoms in total. The van der Waals surface area contributed by atoms with Crippen LogP contribution in [0.15, 0.2) is 59.1 Å². The second-order valence-electron chi connectivity index (χ2n) is 4.41. The van der Waals surface area contributed by atoms with Crippen molar-refractivity contribution in [3.63, 3.8) is 0 Å². The van der Waals surface area contributed by atoms with E-state index >= 15 is 0 Å². The van der Waals surface area contributed by atoms with Gasteiger partial charge < -0.3 is 0 Å². The lowest BCUT2D eigenvalue weighted by molar-refractivity contribution is 1.77. The first-order chi connectivity index (χ1) is 8.83. The fraction of sp³-hybridized carbons (Fsp3) is 0. The molecule has 1 heterocycles. The van der Waals surface area contributed by atoms with Gasteiger partial charge in [0.25, 0.3) is 0 Å². The van der Waals surface area contributed by atoms with Gasteiger partial charge in [-0.1, -0.05) is 52.3 Å². The van der Waals surface area contributed by atoms with E-state index in [0.29, 0.717) is 0 Å². The Morgan fingerprint density at radius 1 is 0.778 bits per heavy atom. The molecule has 2 heteroatoms. The van der Waals surface area contributed by atoms with Crippen molar-refractivity contribution in [2.24, 2.45) is 0 Å². The molecule has 4 rings (SSSR count). The third-order valence-electron chi connectivity index (χ3n) is 3.32. The summed E-state index contributed by atoms with van der Waals surface area (Å²) in [6.45, 7) is 0. The van der Waals surface area contributed by atoms with Gasteiger partial charge in [-0.05, 0) is 29.0 Å². The van der Waals surface area contributed by atoms with Crippen molar-refractivity contribution in [1.29, 1.82) is 0 Å². The zero-order valence-corrected chi connectivity index (χ0v) is 11.9. The van der Waals surface area contributed by atoms with Crippen LogP contribution in [-0.4, -0.2) is 0 Å². The van der Waals surface area contributed by atoms with Crippen molar-refractivity contribution in [1.82, 2.24) is 0 Å². The van der Waals surface area contributed by atoms with Crippen LogP contribution in [0.5, 0.6) is 0 Å². The first-order valence-electron chi connectivity index (χ1n) is 5.82. The van der Waals surface area contributed by atoms with E-state index in [0.717, 1.165) is 4.47 Å². The van der Waals surface area contributed by atoms with Crippen LogP contribution >= 0.6 is 27.3 Å². The minimum Gasteiger partial charge on any atom is -0.135 e. The fourth-order valence-corrected chi connectivity index (χ4v) is 4.06. The molecule has 0 atom stereocenters. The lowest BCUT2D eigenvalue weighted by atomic mass is 10.1. The molecule has 0 radical (unpaired) electrons. The summed E-state index contributed by atoms with van der Waals surface area (Å²) in [5.41, 5.74) is 0. The topological polar surface area (TPSA) is 0 Å². The standard InChI is InChI=1S/C16H9BrS/c17-11-6-8-15-14(9-11)13-7-5-10-3-1-2-4-12(10)16(13)18-15/h1-9H. The Labute approximate surface area is 117 Å². The van der Waals surface area contributed by atoms with E-state index in [1.165, 1.54) is 30.9 Å². The maximum atomic E-state index is 3.56. The minimum atomic E-state index is 1.14. The average Bonchev–Trinajstić information content (AvgIpc) is 2.77. The summed E-state index contributed by atoms with van der Waals surface area (Å²) < 4.78 is 3.88. The summed E-state index contributed by atoms with van der Waals surface area (Å²) in [6, 6.07) is 19.6. The SMILES string of the molecule is Brc1ccc2sc3c4ccccc4ccc3c2c1. The number of thiophene rings is 1. The molecule has 0 saturated carbocycles. The van der Waals surface area contributed by atoms with Gasteiger partial charge in [0.1, 0.15) is 0 Å². The Morgan fingerprint density at radius 3 is 2.61 bits per heavy atom. The van der Waals surface area contributed by atoms with Crippen LogP contribution in [0.1, 0.15) is 0 Å². The third-order valence-corrected chi connectivity index (χ3v) is 5.04. The highest BCUT2D eigenvalue weighted by molar-refractivity contribution is 9.10. The number of hydrogen-bond acceptors (Lipinski definition) is 1. The number of benzene rings is 3. The van der Waals surface area contributed by atoms with Crippen molar-refractivity contribution in [2.45, 2.75) is 0 Å². The normalized spacial score (nSPS) is 11.6. The smallest absolute Gasteiger partial charge is 0.0433 e. The van der Waals surface area contributed by atoms with E-state index in [1.807, 2.05) is 11.3 Å². The van der Waals surface area contributed by atoms with Crippen molar-refractivity contribution in [3.05, 3.63) is 59.1 Å². The Bertz CT molecular complexity index is 889. The summed E-state index contributed by atoms with van der Waals surface area (Å²) in [5, 5.41) is 5.37. The monoisotopic (exact) mass is 312 g/mol. The second kappa shape index (κ2) is 3.81. The molecule has 4 aromatic rings. The van der Waals surface area contributed by atoms with E-state index in [9.17, 15) is 0 Å². The van der Waals surface area contributed by atoms with Crippen molar-refractivity contribution in [3.8, 4) is 0 Å². The van der Waals surface area contributed by atoms with Gasteiger partial charge in [0.15, 0.2) is 0 Å². The van der Waals surface area contributed by atoms with Gasteiger partial charge in [0.05, 0.1) is 0 Å². The number of halogens is 1. The quantitative estimate of drug-likeness (QED) is 0.375. The predicted molar refractivity (Wildman–Crippen MR) is 84.5 cm³/mol. The van der Waals surface area contributed by atoms with Crippen molar-refractivity contribution < 1.29 is 0 Å². The second-order valence-corrected chi connectivity index (χ2v) is 6.37. The molecule has 0 unspecified atom stereocenters. The summed E-state index contributed by atoms with van der Waals surface area (Å²) in [6.07, 6.45) is 0. The van der Waals surface area contributed by atoms with Gasteiger partial charge >= 0.3 is 0 Å². The molecule has 0 aliphatic carbocycles. The molecule has 0 bridgehead atoms. The lowest BCUT2D eigenvalue weighted by Gasteiger charge is -1.98. The number of rotatable bonds is 0. The van der Waals surface area contributed by atoms with Crippen LogP contribution in [0.2, 0.25) is 0 Å². The first-order valence-corrected chi connectivity index (χ1v) is 7.43. The van der Waals surface area contributed by atoms with Crippen LogP contribution in [-0.2, 0) is 0 Å². The van der Waals surface area contributed by atoms with Gasteiger partial charge in [0.2, 0.25) is 0 Å². The number of hydrogen-bond donors (Lipinski definition) is 0. The van der Waals surface area contributed by atoms with Crippen LogP contribution < -0.4 is 0 Å². The molecule has 18 heavy (non-hydrogen) atoms. The summed E-state index contributed by atoms with van der Waals surface area (Å²) in [5.74, 6) is 0. The summed E-state index contributed by atoms with van der Waals surface area (Å²) in [4.78, 5) is 0. The van der Waals surface area contributed by atoms with E-state index < -0.39 is 0 Å². The molecule has 0 spiro atoms. The molecular formula is C16H9BrS. The molecule has 0 N–H and O–H groups in total. The largest absolute Gasteiger partial charge is 0.135 e. The van der Waals surface area contributed by atoms with E-state index in [-0.39, 0.29) is 0 Å². The Balaban J connectivity index is 2.30. The molecule has 0 fully saturated rings. The third kappa shape index (κ3) is 1.43. The summed E-state index contributed by atoms with van der Waals surface area (Å²) >= 11 is 5.44. The Hall–Kier alpha value is -1.38. The summed E-state index contributed by atoms with van der Waals surface area (Å²) in [7, 11) is 0. The molecule has 0 saturated heterocycles. The molecule has 0 aliphatic rings. The van der Waals surface area contributed by atoms with Gasteiger partial charge in [0, 0.05) is 24.6 Å². The van der Waals surface area contributed by atoms with Crippen LogP contribution in [0.3, 0.4) is 0 Å². The van der Waals surface area contributed by atoms with Crippen molar-refractivity contribution >= 4 is 58.2 Å². The lowest BCUT2D eigenvalue weighted by Crippen LogP contribution is -1.72. The van der Waals surface area contributed by atoms with Crippen LogP contribution in [0.4, 0.5) is 0 Å².